The van der Waals surface area contributed by atoms with Crippen LogP contribution in [-0.4, -0.2) is 0 Å². The Balaban J connectivity index is 2.87. The van der Waals surface area contributed by atoms with Crippen LogP contribution in [0.15, 0.2) is 22.4 Å². The number of rotatable bonds is 1. The Morgan fingerprint density at radius 1 is 1.54 bits per heavy atom. The van der Waals surface area contributed by atoms with E-state index in [9.17, 15) is 0 Å². The number of nitrogen functional groups attached to an aromatic ring is 1. The number of hydrogen-bond donors (Lipinski definition) is 2. The quantitative estimate of drug-likeness (QED) is 0.547. The number of hydrogen-bond acceptors (Lipinski definition) is 3. The molecule has 0 fully saturated rings. The molecule has 68 valence electrons. The Kier molecular flexibility index (Phi) is 2.22. The highest BCUT2D eigenvalue weighted by atomic mass is 32.1. The highest BCUT2D eigenvalue weighted by Gasteiger charge is 2.07. The maximum absolute atomic E-state index is 5.95. The molecule has 13 heavy (non-hydrogen) atoms. The molecular weight excluding hydrogens is 198 g/mol. The first kappa shape index (κ1) is 8.91. The van der Waals surface area contributed by atoms with Gasteiger partial charge in [-0.3, -0.25) is 0 Å². The molecule has 3 heteroatoms. The van der Waals surface area contributed by atoms with E-state index in [0.29, 0.717) is 0 Å². The standard InChI is InChI=1S/C10H11NS2/c1-2-7-9(11)8(12)5-6-3-4-13-10(6)7/h3-5,12H,2,11H2,1H3. The SMILES string of the molecule is CCc1c(N)c(S)cc2ccsc12. The normalized spacial score (nSPS) is 10.9. The van der Waals surface area contributed by atoms with Crippen LogP contribution < -0.4 is 5.73 Å². The smallest absolute Gasteiger partial charge is 0.0496 e. The lowest BCUT2D eigenvalue weighted by molar-refractivity contribution is 1.16. The van der Waals surface area contributed by atoms with Crippen molar-refractivity contribution in [2.75, 3.05) is 5.73 Å². The van der Waals surface area contributed by atoms with Gasteiger partial charge in [0.05, 0.1) is 0 Å². The predicted octanol–water partition coefficient (Wildman–Crippen LogP) is 3.33. The van der Waals surface area contributed by atoms with Crippen LogP contribution in [0.4, 0.5) is 5.69 Å². The first-order valence-corrected chi connectivity index (χ1v) is 5.54. The van der Waals surface area contributed by atoms with Crippen LogP contribution in [0.1, 0.15) is 12.5 Å². The van der Waals surface area contributed by atoms with E-state index in [4.69, 9.17) is 5.73 Å². The van der Waals surface area contributed by atoms with Crippen molar-refractivity contribution in [1.29, 1.82) is 0 Å². The molecule has 0 saturated carbocycles. The molecule has 0 bridgehead atoms. The van der Waals surface area contributed by atoms with Gasteiger partial charge in [0.1, 0.15) is 0 Å². The maximum Gasteiger partial charge on any atom is 0.0496 e. The van der Waals surface area contributed by atoms with E-state index >= 15 is 0 Å². The van der Waals surface area contributed by atoms with Gasteiger partial charge in [0.2, 0.25) is 0 Å². The molecule has 0 unspecified atom stereocenters. The molecule has 0 spiro atoms. The Labute approximate surface area is 87.0 Å². The zero-order valence-corrected chi connectivity index (χ0v) is 9.08. The molecule has 0 amide bonds. The molecule has 0 aliphatic carbocycles. The Hall–Kier alpha value is -0.670. The van der Waals surface area contributed by atoms with E-state index < -0.39 is 0 Å². The fourth-order valence-electron chi connectivity index (χ4n) is 1.53. The number of thiophene rings is 1. The van der Waals surface area contributed by atoms with Gasteiger partial charge in [0.15, 0.2) is 0 Å². The summed E-state index contributed by atoms with van der Waals surface area (Å²) in [5, 5.41) is 3.34. The first-order valence-electron chi connectivity index (χ1n) is 4.21. The zero-order valence-electron chi connectivity index (χ0n) is 7.37. The molecule has 1 heterocycles. The monoisotopic (exact) mass is 209 g/mol. The topological polar surface area (TPSA) is 26.0 Å². The molecule has 0 aliphatic rings. The fraction of sp³-hybridized carbons (Fsp3) is 0.200. The lowest BCUT2D eigenvalue weighted by Gasteiger charge is -2.06. The zero-order chi connectivity index (χ0) is 9.42. The van der Waals surface area contributed by atoms with Gasteiger partial charge in [-0.15, -0.1) is 24.0 Å². The van der Waals surface area contributed by atoms with Gasteiger partial charge >= 0.3 is 0 Å². The highest BCUT2D eigenvalue weighted by Crippen LogP contribution is 2.33. The van der Waals surface area contributed by atoms with Crippen molar-refractivity contribution in [3.05, 3.63) is 23.1 Å². The van der Waals surface area contributed by atoms with E-state index in [-0.39, 0.29) is 0 Å². The van der Waals surface area contributed by atoms with E-state index in [1.165, 1.54) is 15.6 Å². The van der Waals surface area contributed by atoms with Gasteiger partial charge in [-0.2, -0.15) is 0 Å². The summed E-state index contributed by atoms with van der Waals surface area (Å²) >= 11 is 6.10. The van der Waals surface area contributed by atoms with Crippen LogP contribution >= 0.6 is 24.0 Å². The minimum absolute atomic E-state index is 0.834. The number of nitrogens with two attached hydrogens (primary N) is 1. The highest BCUT2D eigenvalue weighted by molar-refractivity contribution is 7.80. The van der Waals surface area contributed by atoms with Gasteiger partial charge < -0.3 is 5.73 Å². The van der Waals surface area contributed by atoms with Crippen LogP contribution in [0.5, 0.6) is 0 Å². The predicted molar refractivity (Wildman–Crippen MR) is 62.9 cm³/mol. The third-order valence-corrected chi connectivity index (χ3v) is 3.58. The Morgan fingerprint density at radius 3 is 3.00 bits per heavy atom. The summed E-state index contributed by atoms with van der Waals surface area (Å²) in [6, 6.07) is 4.14. The first-order chi connectivity index (χ1) is 6.24. The third kappa shape index (κ3) is 1.32. The van der Waals surface area contributed by atoms with E-state index in [0.717, 1.165) is 17.0 Å². The van der Waals surface area contributed by atoms with Crippen LogP contribution in [-0.2, 0) is 6.42 Å². The van der Waals surface area contributed by atoms with Crippen molar-refractivity contribution < 1.29 is 0 Å². The third-order valence-electron chi connectivity index (χ3n) is 2.22. The number of anilines is 1. The second-order valence-electron chi connectivity index (χ2n) is 2.98. The molecule has 1 aromatic heterocycles. The minimum Gasteiger partial charge on any atom is -0.398 e. The minimum atomic E-state index is 0.834. The van der Waals surface area contributed by atoms with Crippen LogP contribution in [0, 0.1) is 0 Å². The molecule has 0 radical (unpaired) electrons. The van der Waals surface area contributed by atoms with Crippen molar-refractivity contribution in [3.63, 3.8) is 0 Å². The number of benzene rings is 1. The number of fused-ring (bicyclic) bond motifs is 1. The summed E-state index contributed by atoms with van der Waals surface area (Å²) in [6.07, 6.45) is 0.969. The molecule has 0 atom stereocenters. The van der Waals surface area contributed by atoms with Gasteiger partial charge in [0, 0.05) is 15.3 Å². The molecule has 2 rings (SSSR count). The van der Waals surface area contributed by atoms with Crippen molar-refractivity contribution in [1.82, 2.24) is 0 Å². The fourth-order valence-corrected chi connectivity index (χ4v) is 2.82. The summed E-state index contributed by atoms with van der Waals surface area (Å²) in [5.74, 6) is 0. The van der Waals surface area contributed by atoms with Crippen LogP contribution in [0.3, 0.4) is 0 Å². The summed E-state index contributed by atoms with van der Waals surface area (Å²) < 4.78 is 1.30. The van der Waals surface area contributed by atoms with Crippen molar-refractivity contribution in [2.45, 2.75) is 18.2 Å². The molecule has 1 nitrogen and oxygen atoms in total. The largest absolute Gasteiger partial charge is 0.398 e. The summed E-state index contributed by atoms with van der Waals surface area (Å²) in [5.41, 5.74) is 8.02. The van der Waals surface area contributed by atoms with Gasteiger partial charge in [-0.05, 0) is 34.9 Å². The Bertz CT molecular complexity index is 445. The summed E-state index contributed by atoms with van der Waals surface area (Å²) in [7, 11) is 0. The number of thiol groups is 1. The Morgan fingerprint density at radius 2 is 2.31 bits per heavy atom. The average Bonchev–Trinajstić information content (AvgIpc) is 2.54. The second kappa shape index (κ2) is 3.24. The summed E-state index contributed by atoms with van der Waals surface area (Å²) in [4.78, 5) is 0.891. The average molecular weight is 209 g/mol. The molecule has 0 aliphatic heterocycles. The van der Waals surface area contributed by atoms with E-state index in [1.54, 1.807) is 11.3 Å². The van der Waals surface area contributed by atoms with Crippen molar-refractivity contribution in [2.24, 2.45) is 0 Å². The van der Waals surface area contributed by atoms with Gasteiger partial charge in [-0.1, -0.05) is 6.92 Å². The van der Waals surface area contributed by atoms with Crippen LogP contribution in [0.2, 0.25) is 0 Å². The molecule has 2 aromatic rings. The molecule has 2 N–H and O–H groups in total. The summed E-state index contributed by atoms with van der Waals surface area (Å²) in [6.45, 7) is 2.12. The van der Waals surface area contributed by atoms with Gasteiger partial charge in [0.25, 0.3) is 0 Å². The van der Waals surface area contributed by atoms with Gasteiger partial charge in [-0.25, -0.2) is 0 Å². The van der Waals surface area contributed by atoms with Crippen LogP contribution in [0.25, 0.3) is 10.1 Å². The molecule has 0 saturated heterocycles. The van der Waals surface area contributed by atoms with Crippen molar-refractivity contribution >= 4 is 39.7 Å². The number of aryl methyl sites for hydroxylation is 1. The van der Waals surface area contributed by atoms with E-state index in [2.05, 4.69) is 31.0 Å². The lowest BCUT2D eigenvalue weighted by atomic mass is 10.1. The van der Waals surface area contributed by atoms with E-state index in [1.807, 2.05) is 6.07 Å². The maximum atomic E-state index is 5.95. The lowest BCUT2D eigenvalue weighted by Crippen LogP contribution is -1.94. The molecule has 1 aromatic carbocycles. The second-order valence-corrected chi connectivity index (χ2v) is 4.38. The molecular formula is C10H11NS2. The van der Waals surface area contributed by atoms with Crippen molar-refractivity contribution in [3.8, 4) is 0 Å².